The Bertz CT molecular complexity index is 295. The van der Waals surface area contributed by atoms with E-state index in [-0.39, 0.29) is 0 Å². The molecule has 0 aliphatic rings. The maximum absolute atomic E-state index is 12.0. The van der Waals surface area contributed by atoms with Gasteiger partial charge in [0, 0.05) is 17.7 Å². The molecule has 0 aromatic carbocycles. The summed E-state index contributed by atoms with van der Waals surface area (Å²) >= 11 is 0. The minimum absolute atomic E-state index is 0.350. The topological polar surface area (TPSA) is 24.1 Å². The van der Waals surface area contributed by atoms with Crippen molar-refractivity contribution in [3.8, 4) is 0 Å². The smallest absolute Gasteiger partial charge is 0.285 e. The number of halogens is 3. The number of nitrogens with zero attached hydrogens (tertiary/aromatic N) is 1. The average molecular weight is 178 g/mol. The summed E-state index contributed by atoms with van der Waals surface area (Å²) in [6, 6.07) is 2.12. The highest BCUT2D eigenvalue weighted by molar-refractivity contribution is 5.11. The van der Waals surface area contributed by atoms with Gasteiger partial charge in [0.15, 0.2) is 0 Å². The van der Waals surface area contributed by atoms with Crippen LogP contribution in [0.25, 0.3) is 0 Å². The third-order valence-corrected chi connectivity index (χ3v) is 1.45. The number of pyridine rings is 1. The maximum Gasteiger partial charge on any atom is 0.422 e. The van der Waals surface area contributed by atoms with Crippen LogP contribution in [0.2, 0.25) is 0 Å². The molecule has 2 nitrogen and oxygen atoms in total. The highest BCUT2D eigenvalue weighted by atomic mass is 19.4. The molecule has 0 fully saturated rings. The van der Waals surface area contributed by atoms with E-state index in [0.717, 1.165) is 6.07 Å². The number of aryl methyl sites for hydroxylation is 1. The quantitative estimate of drug-likeness (QED) is 0.473. The monoisotopic (exact) mass is 178 g/mol. The first-order chi connectivity index (χ1) is 5.41. The summed E-state index contributed by atoms with van der Waals surface area (Å²) in [5.74, 6) is 0. The van der Waals surface area contributed by atoms with Gasteiger partial charge < -0.3 is 0 Å². The van der Waals surface area contributed by atoms with Crippen molar-refractivity contribution in [2.24, 2.45) is 0 Å². The minimum Gasteiger partial charge on any atom is -0.285 e. The van der Waals surface area contributed by atoms with Gasteiger partial charge in [-0.05, 0) is 6.07 Å². The lowest BCUT2D eigenvalue weighted by Gasteiger charge is -2.02. The van der Waals surface area contributed by atoms with Crippen LogP contribution in [0.3, 0.4) is 0 Å². The van der Waals surface area contributed by atoms with Crippen LogP contribution >= 0.6 is 0 Å². The normalized spacial score (nSPS) is 11.7. The van der Waals surface area contributed by atoms with Gasteiger partial charge in [-0.1, -0.05) is 0 Å². The lowest BCUT2D eigenvalue weighted by Crippen LogP contribution is -2.34. The Kier molecular flexibility index (Phi) is 1.95. The molecule has 0 spiro atoms. The lowest BCUT2D eigenvalue weighted by atomic mass is 10.2. The molecule has 0 unspecified atom stereocenters. The molecule has 0 saturated heterocycles. The van der Waals surface area contributed by atoms with Crippen LogP contribution < -0.4 is 4.73 Å². The molecule has 0 amide bonds. The van der Waals surface area contributed by atoms with Crippen LogP contribution in [0.15, 0.2) is 18.3 Å². The molecule has 5 heteroatoms. The van der Waals surface area contributed by atoms with Gasteiger partial charge in [-0.3, -0.25) is 5.21 Å². The van der Waals surface area contributed by atoms with Crippen LogP contribution in [0.1, 0.15) is 11.3 Å². The Morgan fingerprint density at radius 3 is 2.33 bits per heavy atom. The fourth-order valence-electron chi connectivity index (χ4n) is 0.731. The third-order valence-electron chi connectivity index (χ3n) is 1.45. The lowest BCUT2D eigenvalue weighted by molar-refractivity contribution is -0.909. The fraction of sp³-hybridized carbons (Fsp3) is 0.286. The van der Waals surface area contributed by atoms with Gasteiger partial charge >= 0.3 is 6.18 Å². The van der Waals surface area contributed by atoms with E-state index in [0.29, 0.717) is 16.6 Å². The van der Waals surface area contributed by atoms with Gasteiger partial charge in [0.25, 0.3) is 0 Å². The van der Waals surface area contributed by atoms with E-state index in [4.69, 9.17) is 5.21 Å². The molecule has 0 aliphatic heterocycles. The van der Waals surface area contributed by atoms with Crippen molar-refractivity contribution in [2.45, 2.75) is 13.1 Å². The number of alkyl halides is 3. The summed E-state index contributed by atoms with van der Waals surface area (Å²) < 4.78 is 36.4. The second-order valence-corrected chi connectivity index (χ2v) is 2.40. The highest BCUT2D eigenvalue weighted by Gasteiger charge is 2.33. The number of aromatic nitrogens is 1. The number of hydrogen-bond acceptors (Lipinski definition) is 1. The Morgan fingerprint density at radius 2 is 1.92 bits per heavy atom. The Morgan fingerprint density at radius 1 is 1.33 bits per heavy atom. The van der Waals surface area contributed by atoms with Crippen LogP contribution in [-0.4, -0.2) is 5.21 Å². The average Bonchev–Trinajstić information content (AvgIpc) is 1.92. The zero-order chi connectivity index (χ0) is 9.35. The standard InChI is InChI=1S/C7H7F3NO/c1-5-2-3-6(4-11(5)12)7(8,9)10/h2-4,12H,1H3/q+1. The van der Waals surface area contributed by atoms with Crippen molar-refractivity contribution < 1.29 is 23.1 Å². The molecule has 0 bridgehead atoms. The maximum atomic E-state index is 12.0. The molecule has 1 N–H and O–H groups in total. The van der Waals surface area contributed by atoms with Gasteiger partial charge in [0.2, 0.25) is 11.9 Å². The van der Waals surface area contributed by atoms with Crippen LogP contribution in [0, 0.1) is 6.92 Å². The van der Waals surface area contributed by atoms with Gasteiger partial charge in [-0.15, -0.1) is 0 Å². The molecule has 1 rings (SSSR count). The summed E-state index contributed by atoms with van der Waals surface area (Å²) in [5, 5.41) is 8.88. The van der Waals surface area contributed by atoms with Crippen molar-refractivity contribution in [2.75, 3.05) is 0 Å². The zero-order valence-electron chi connectivity index (χ0n) is 6.26. The van der Waals surface area contributed by atoms with Crippen LogP contribution in [-0.2, 0) is 6.18 Å². The summed E-state index contributed by atoms with van der Waals surface area (Å²) in [7, 11) is 0. The van der Waals surface area contributed by atoms with Crippen LogP contribution in [0.5, 0.6) is 0 Å². The van der Waals surface area contributed by atoms with Crippen LogP contribution in [0.4, 0.5) is 13.2 Å². The molecule has 12 heavy (non-hydrogen) atoms. The van der Waals surface area contributed by atoms with Crippen molar-refractivity contribution >= 4 is 0 Å². The number of hydrogen-bond donors (Lipinski definition) is 1. The molecule has 1 aromatic rings. The first-order valence-corrected chi connectivity index (χ1v) is 3.20. The Labute approximate surface area is 66.8 Å². The first kappa shape index (κ1) is 8.83. The summed E-state index contributed by atoms with van der Waals surface area (Å²) in [6.45, 7) is 1.50. The number of rotatable bonds is 0. The van der Waals surface area contributed by atoms with Crippen molar-refractivity contribution in [1.82, 2.24) is 0 Å². The molecule has 66 valence electrons. The van der Waals surface area contributed by atoms with E-state index in [1.54, 1.807) is 0 Å². The third kappa shape index (κ3) is 1.66. The molecular formula is C7H7F3NO+. The van der Waals surface area contributed by atoms with E-state index in [1.165, 1.54) is 13.0 Å². The van der Waals surface area contributed by atoms with E-state index < -0.39 is 11.7 Å². The SMILES string of the molecule is Cc1ccc(C(F)(F)F)c[n+]1O. The molecule has 1 heterocycles. The Hall–Kier alpha value is -1.26. The molecule has 0 saturated carbocycles. The highest BCUT2D eigenvalue weighted by Crippen LogP contribution is 2.27. The molecular weight excluding hydrogens is 171 g/mol. The first-order valence-electron chi connectivity index (χ1n) is 3.20. The van der Waals surface area contributed by atoms with Crippen molar-refractivity contribution in [3.05, 3.63) is 29.6 Å². The largest absolute Gasteiger partial charge is 0.422 e. The van der Waals surface area contributed by atoms with Crippen molar-refractivity contribution in [3.63, 3.8) is 0 Å². The van der Waals surface area contributed by atoms with Gasteiger partial charge in [0.05, 0.1) is 0 Å². The molecule has 0 atom stereocenters. The van der Waals surface area contributed by atoms with Gasteiger partial charge in [0.1, 0.15) is 5.56 Å². The summed E-state index contributed by atoms with van der Waals surface area (Å²) in [6.07, 6.45) is -3.77. The zero-order valence-corrected chi connectivity index (χ0v) is 6.26. The minimum atomic E-state index is -4.40. The van der Waals surface area contributed by atoms with E-state index in [1.807, 2.05) is 0 Å². The van der Waals surface area contributed by atoms with E-state index >= 15 is 0 Å². The molecule has 0 radical (unpaired) electrons. The second kappa shape index (κ2) is 2.66. The summed E-state index contributed by atoms with van der Waals surface area (Å²) in [4.78, 5) is 0. The van der Waals surface area contributed by atoms with Crippen molar-refractivity contribution in [1.29, 1.82) is 0 Å². The predicted molar refractivity (Wildman–Crippen MR) is 33.6 cm³/mol. The molecule has 1 aromatic heterocycles. The van der Waals surface area contributed by atoms with Gasteiger partial charge in [-0.25, -0.2) is 0 Å². The van der Waals surface area contributed by atoms with E-state index in [2.05, 4.69) is 0 Å². The Balaban J connectivity index is 3.14. The van der Waals surface area contributed by atoms with Gasteiger partial charge in [-0.2, -0.15) is 13.2 Å². The fourth-order valence-corrected chi connectivity index (χ4v) is 0.731. The molecule has 0 aliphatic carbocycles. The summed E-state index contributed by atoms with van der Waals surface area (Å²) in [5.41, 5.74) is -0.515. The van der Waals surface area contributed by atoms with E-state index in [9.17, 15) is 13.2 Å². The predicted octanol–water partition coefficient (Wildman–Crippen LogP) is 1.54. The second-order valence-electron chi connectivity index (χ2n) is 2.40.